The van der Waals surface area contributed by atoms with Gasteiger partial charge in [0.2, 0.25) is 15.9 Å². The molecule has 0 saturated carbocycles. The summed E-state index contributed by atoms with van der Waals surface area (Å²) < 4.78 is 32.3. The number of rotatable bonds is 4. The predicted molar refractivity (Wildman–Crippen MR) is 78.8 cm³/mol. The van der Waals surface area contributed by atoms with E-state index >= 15 is 0 Å². The van der Waals surface area contributed by atoms with Crippen molar-refractivity contribution in [1.82, 2.24) is 9.71 Å². The molecule has 0 bridgehead atoms. The van der Waals surface area contributed by atoms with Gasteiger partial charge in [-0.1, -0.05) is 11.6 Å². The Morgan fingerprint density at radius 1 is 1.50 bits per heavy atom. The Balaban J connectivity index is 2.27. The van der Waals surface area contributed by atoms with Gasteiger partial charge in [-0.25, -0.2) is 18.1 Å². The number of hydrogen-bond acceptors (Lipinski definition) is 5. The van der Waals surface area contributed by atoms with Crippen LogP contribution in [-0.2, 0) is 16.6 Å². The molecule has 2 rings (SSSR count). The highest BCUT2D eigenvalue weighted by Gasteiger charge is 2.20. The number of nitrogen functional groups attached to an aromatic ring is 1. The minimum Gasteiger partial charge on any atom is -0.445 e. The second kappa shape index (κ2) is 5.72. The van der Waals surface area contributed by atoms with E-state index in [2.05, 4.69) is 25.6 Å². The van der Waals surface area contributed by atoms with E-state index in [-0.39, 0.29) is 32.5 Å². The van der Waals surface area contributed by atoms with Crippen molar-refractivity contribution in [3.63, 3.8) is 0 Å². The Labute approximate surface area is 129 Å². The standard InChI is InChI=1S/C11H11BrClN3O3S/c1-6-4-15-10(19-6)5-16-20(17,18)9-3-7(13)2-8(14)11(9)12/h2-4,16H,5,14H2,1H3. The number of nitrogens with two attached hydrogens (primary N) is 1. The first kappa shape index (κ1) is 15.3. The summed E-state index contributed by atoms with van der Waals surface area (Å²) in [7, 11) is -3.79. The van der Waals surface area contributed by atoms with Gasteiger partial charge in [-0.2, -0.15) is 0 Å². The second-order valence-electron chi connectivity index (χ2n) is 4.00. The third-order valence-corrected chi connectivity index (χ3v) is 5.20. The van der Waals surface area contributed by atoms with E-state index in [1.54, 1.807) is 6.92 Å². The normalized spacial score (nSPS) is 11.8. The van der Waals surface area contributed by atoms with Crippen LogP contribution < -0.4 is 10.5 Å². The summed E-state index contributed by atoms with van der Waals surface area (Å²) >= 11 is 8.96. The zero-order valence-corrected chi connectivity index (χ0v) is 13.5. The molecule has 0 saturated heterocycles. The lowest BCUT2D eigenvalue weighted by molar-refractivity contribution is 0.463. The van der Waals surface area contributed by atoms with Crippen LogP contribution in [0.3, 0.4) is 0 Å². The first-order chi connectivity index (χ1) is 9.29. The fourth-order valence-electron chi connectivity index (χ4n) is 1.50. The van der Waals surface area contributed by atoms with Crippen molar-refractivity contribution in [2.45, 2.75) is 18.4 Å². The van der Waals surface area contributed by atoms with Gasteiger partial charge in [-0.3, -0.25) is 0 Å². The zero-order chi connectivity index (χ0) is 14.9. The molecule has 1 aromatic heterocycles. The smallest absolute Gasteiger partial charge is 0.242 e. The minimum atomic E-state index is -3.79. The van der Waals surface area contributed by atoms with Crippen LogP contribution in [-0.4, -0.2) is 13.4 Å². The molecule has 2 aromatic rings. The van der Waals surface area contributed by atoms with Crippen molar-refractivity contribution < 1.29 is 12.8 Å². The first-order valence-electron chi connectivity index (χ1n) is 5.45. The van der Waals surface area contributed by atoms with E-state index in [0.717, 1.165) is 0 Å². The quantitative estimate of drug-likeness (QED) is 0.794. The zero-order valence-electron chi connectivity index (χ0n) is 10.4. The Bertz CT molecular complexity index is 745. The highest BCUT2D eigenvalue weighted by molar-refractivity contribution is 9.10. The maximum Gasteiger partial charge on any atom is 0.242 e. The van der Waals surface area contributed by atoms with Crippen molar-refractivity contribution in [1.29, 1.82) is 0 Å². The fraction of sp³-hybridized carbons (Fsp3) is 0.182. The number of nitrogens with one attached hydrogen (secondary N) is 1. The highest BCUT2D eigenvalue weighted by atomic mass is 79.9. The summed E-state index contributed by atoms with van der Waals surface area (Å²) in [6.45, 7) is 1.66. The number of nitrogens with zero attached hydrogens (tertiary/aromatic N) is 1. The third kappa shape index (κ3) is 3.32. The molecule has 9 heteroatoms. The molecule has 0 spiro atoms. The van der Waals surface area contributed by atoms with E-state index in [0.29, 0.717) is 5.76 Å². The van der Waals surface area contributed by atoms with Gasteiger partial charge in [0.25, 0.3) is 0 Å². The number of aryl methyl sites for hydroxylation is 1. The van der Waals surface area contributed by atoms with E-state index in [1.807, 2.05) is 0 Å². The molecule has 3 N–H and O–H groups in total. The summed E-state index contributed by atoms with van der Waals surface area (Å²) in [6, 6.07) is 2.77. The molecule has 6 nitrogen and oxygen atoms in total. The van der Waals surface area contributed by atoms with Crippen LogP contribution in [0.25, 0.3) is 0 Å². The summed E-state index contributed by atoms with van der Waals surface area (Å²) in [4.78, 5) is 3.88. The molecule has 1 aromatic carbocycles. The molecule has 0 aliphatic carbocycles. The molecular formula is C11H11BrClN3O3S. The SMILES string of the molecule is Cc1cnc(CNS(=O)(=O)c2cc(Cl)cc(N)c2Br)o1. The van der Waals surface area contributed by atoms with Gasteiger partial charge >= 0.3 is 0 Å². The lowest BCUT2D eigenvalue weighted by atomic mass is 10.3. The van der Waals surface area contributed by atoms with Crippen LogP contribution in [0.5, 0.6) is 0 Å². The van der Waals surface area contributed by atoms with Crippen LogP contribution in [0.4, 0.5) is 5.69 Å². The van der Waals surface area contributed by atoms with Gasteiger partial charge in [-0.05, 0) is 35.0 Å². The van der Waals surface area contributed by atoms with Gasteiger partial charge in [-0.15, -0.1) is 0 Å². The molecule has 0 fully saturated rings. The Kier molecular flexibility index (Phi) is 4.38. The number of sulfonamides is 1. The molecule has 1 heterocycles. The second-order valence-corrected chi connectivity index (χ2v) is 6.96. The molecule has 20 heavy (non-hydrogen) atoms. The molecule has 0 unspecified atom stereocenters. The van der Waals surface area contributed by atoms with Gasteiger partial charge in [0.1, 0.15) is 5.76 Å². The highest BCUT2D eigenvalue weighted by Crippen LogP contribution is 2.31. The van der Waals surface area contributed by atoms with Crippen LogP contribution in [0.2, 0.25) is 5.02 Å². The lowest BCUT2D eigenvalue weighted by Gasteiger charge is -2.09. The van der Waals surface area contributed by atoms with Crippen LogP contribution in [0.1, 0.15) is 11.7 Å². The van der Waals surface area contributed by atoms with Crippen molar-refractivity contribution in [2.24, 2.45) is 0 Å². The maximum atomic E-state index is 12.2. The molecule has 0 radical (unpaired) electrons. The van der Waals surface area contributed by atoms with E-state index < -0.39 is 10.0 Å². The van der Waals surface area contributed by atoms with Crippen LogP contribution >= 0.6 is 27.5 Å². The van der Waals surface area contributed by atoms with Crippen LogP contribution in [0, 0.1) is 6.92 Å². The van der Waals surface area contributed by atoms with E-state index in [4.69, 9.17) is 21.8 Å². The molecule has 0 aliphatic heterocycles. The average Bonchev–Trinajstić information content (AvgIpc) is 2.77. The Morgan fingerprint density at radius 3 is 2.80 bits per heavy atom. The Hall–Kier alpha value is -1.09. The number of anilines is 1. The van der Waals surface area contributed by atoms with Crippen molar-refractivity contribution in [2.75, 3.05) is 5.73 Å². The average molecular weight is 381 g/mol. The van der Waals surface area contributed by atoms with Crippen molar-refractivity contribution in [3.05, 3.63) is 39.5 Å². The summed E-state index contributed by atoms with van der Waals surface area (Å²) in [5, 5.41) is 0.234. The minimum absolute atomic E-state index is 0.0363. The number of hydrogen-bond donors (Lipinski definition) is 2. The predicted octanol–water partition coefficient (Wildman–Crippen LogP) is 2.46. The van der Waals surface area contributed by atoms with Crippen molar-refractivity contribution >= 4 is 43.2 Å². The van der Waals surface area contributed by atoms with E-state index in [9.17, 15) is 8.42 Å². The molecular weight excluding hydrogens is 370 g/mol. The van der Waals surface area contributed by atoms with Gasteiger partial charge in [0.15, 0.2) is 0 Å². The van der Waals surface area contributed by atoms with E-state index in [1.165, 1.54) is 18.3 Å². The van der Waals surface area contributed by atoms with Gasteiger partial charge in [0.05, 0.1) is 22.1 Å². The first-order valence-corrected chi connectivity index (χ1v) is 8.10. The van der Waals surface area contributed by atoms with Crippen molar-refractivity contribution in [3.8, 4) is 0 Å². The molecule has 0 aliphatic rings. The van der Waals surface area contributed by atoms with Gasteiger partial charge < -0.3 is 10.2 Å². The monoisotopic (exact) mass is 379 g/mol. The largest absolute Gasteiger partial charge is 0.445 e. The topological polar surface area (TPSA) is 98.2 Å². The molecule has 0 atom stereocenters. The third-order valence-electron chi connectivity index (χ3n) is 2.40. The maximum absolute atomic E-state index is 12.2. The van der Waals surface area contributed by atoms with Gasteiger partial charge in [0, 0.05) is 10.7 Å². The molecule has 108 valence electrons. The summed E-state index contributed by atoms with van der Waals surface area (Å²) in [5.41, 5.74) is 5.91. The summed E-state index contributed by atoms with van der Waals surface area (Å²) in [6.07, 6.45) is 1.51. The lowest BCUT2D eigenvalue weighted by Crippen LogP contribution is -2.24. The fourth-order valence-corrected chi connectivity index (χ4v) is 3.76. The Morgan fingerprint density at radius 2 is 2.20 bits per heavy atom. The summed E-state index contributed by atoms with van der Waals surface area (Å²) in [5.74, 6) is 0.879. The van der Waals surface area contributed by atoms with Crippen LogP contribution in [0.15, 0.2) is 32.1 Å². The molecule has 0 amide bonds. The number of benzene rings is 1. The number of aromatic nitrogens is 1. The number of halogens is 2. The number of oxazole rings is 1.